The molecule has 2 fully saturated rings. The van der Waals surface area contributed by atoms with Gasteiger partial charge in [0.05, 0.1) is 6.10 Å². The lowest BCUT2D eigenvalue weighted by molar-refractivity contribution is 0.0739. The van der Waals surface area contributed by atoms with Gasteiger partial charge in [0.2, 0.25) is 0 Å². The van der Waals surface area contributed by atoms with E-state index < -0.39 is 0 Å². The molecule has 8 heteroatoms. The van der Waals surface area contributed by atoms with Crippen molar-refractivity contribution in [1.82, 2.24) is 20.1 Å². The van der Waals surface area contributed by atoms with E-state index >= 15 is 0 Å². The van der Waals surface area contributed by atoms with E-state index in [-0.39, 0.29) is 12.0 Å². The number of hydrogen-bond donors (Lipinski definition) is 1. The molecule has 0 radical (unpaired) electrons. The van der Waals surface area contributed by atoms with Crippen molar-refractivity contribution in [1.29, 1.82) is 0 Å². The Kier molecular flexibility index (Phi) is 5.43. The molecular weight excluding hydrogens is 344 g/mol. The molecular formula is C19H24N6O2. The molecule has 0 aliphatic carbocycles. The van der Waals surface area contributed by atoms with E-state index in [1.54, 1.807) is 18.3 Å². The summed E-state index contributed by atoms with van der Waals surface area (Å²) in [6, 6.07) is 9.41. The van der Waals surface area contributed by atoms with Crippen molar-refractivity contribution in [3.63, 3.8) is 0 Å². The second-order valence-electron chi connectivity index (χ2n) is 6.79. The number of amides is 1. The molecule has 1 atom stereocenters. The molecule has 2 aromatic rings. The Morgan fingerprint density at radius 1 is 1.15 bits per heavy atom. The number of anilines is 2. The van der Waals surface area contributed by atoms with Gasteiger partial charge in [-0.05, 0) is 37.1 Å². The van der Waals surface area contributed by atoms with Gasteiger partial charge in [-0.2, -0.15) is 0 Å². The van der Waals surface area contributed by atoms with Gasteiger partial charge < -0.3 is 19.9 Å². The maximum absolute atomic E-state index is 12.7. The van der Waals surface area contributed by atoms with Crippen molar-refractivity contribution in [3.8, 4) is 0 Å². The molecule has 2 aromatic heterocycles. The fourth-order valence-corrected chi connectivity index (χ4v) is 3.41. The van der Waals surface area contributed by atoms with Crippen LogP contribution in [0.3, 0.4) is 0 Å². The molecule has 1 N–H and O–H groups in total. The van der Waals surface area contributed by atoms with Crippen molar-refractivity contribution >= 4 is 17.5 Å². The van der Waals surface area contributed by atoms with Crippen LogP contribution in [0.4, 0.5) is 11.6 Å². The summed E-state index contributed by atoms with van der Waals surface area (Å²) in [7, 11) is 0. The van der Waals surface area contributed by atoms with Crippen molar-refractivity contribution in [3.05, 3.63) is 42.2 Å². The first-order chi connectivity index (χ1) is 13.3. The van der Waals surface area contributed by atoms with Crippen LogP contribution in [0, 0.1) is 0 Å². The summed E-state index contributed by atoms with van der Waals surface area (Å²) in [6.45, 7) is 4.37. The van der Waals surface area contributed by atoms with Crippen LogP contribution in [0.2, 0.25) is 0 Å². The van der Waals surface area contributed by atoms with Gasteiger partial charge in [0, 0.05) is 45.5 Å². The maximum Gasteiger partial charge on any atom is 0.274 e. The number of aromatic nitrogens is 3. The minimum absolute atomic E-state index is 0.0751. The zero-order valence-corrected chi connectivity index (χ0v) is 15.3. The van der Waals surface area contributed by atoms with Crippen molar-refractivity contribution in [2.45, 2.75) is 18.9 Å². The van der Waals surface area contributed by atoms with Gasteiger partial charge in [0.1, 0.15) is 11.6 Å². The fraction of sp³-hybridized carbons (Fsp3) is 0.474. The molecule has 8 nitrogen and oxygen atoms in total. The first-order valence-electron chi connectivity index (χ1n) is 9.44. The lowest BCUT2D eigenvalue weighted by Crippen LogP contribution is -2.49. The van der Waals surface area contributed by atoms with Crippen LogP contribution in [-0.4, -0.2) is 71.4 Å². The van der Waals surface area contributed by atoms with Gasteiger partial charge in [0.25, 0.3) is 5.91 Å². The topological polar surface area (TPSA) is 83.5 Å². The number of ether oxygens (including phenoxy) is 1. The number of carbonyl (C=O) groups is 1. The lowest BCUT2D eigenvalue weighted by atomic mass is 10.2. The van der Waals surface area contributed by atoms with Crippen LogP contribution in [0.5, 0.6) is 0 Å². The van der Waals surface area contributed by atoms with Crippen LogP contribution in [-0.2, 0) is 4.74 Å². The van der Waals surface area contributed by atoms with Gasteiger partial charge in [0.15, 0.2) is 5.69 Å². The SMILES string of the molecule is O=C(c1ccc(NCC2CCCO2)nn1)N1CCN(c2ccccn2)CC1. The second kappa shape index (κ2) is 8.30. The van der Waals surface area contributed by atoms with E-state index in [1.807, 2.05) is 23.1 Å². The summed E-state index contributed by atoms with van der Waals surface area (Å²) < 4.78 is 5.58. The van der Waals surface area contributed by atoms with Crippen molar-refractivity contribution in [2.24, 2.45) is 0 Å². The zero-order valence-electron chi connectivity index (χ0n) is 15.3. The molecule has 27 heavy (non-hydrogen) atoms. The number of nitrogens with one attached hydrogen (secondary N) is 1. The predicted octanol–water partition coefficient (Wildman–Crippen LogP) is 1.42. The van der Waals surface area contributed by atoms with Gasteiger partial charge in [-0.1, -0.05) is 6.07 Å². The van der Waals surface area contributed by atoms with Gasteiger partial charge in [-0.25, -0.2) is 4.98 Å². The molecule has 0 spiro atoms. The average molecular weight is 368 g/mol. The van der Waals surface area contributed by atoms with Crippen LogP contribution in [0.1, 0.15) is 23.3 Å². The number of nitrogens with zero attached hydrogens (tertiary/aromatic N) is 5. The van der Waals surface area contributed by atoms with E-state index in [4.69, 9.17) is 4.74 Å². The molecule has 2 aliphatic heterocycles. The second-order valence-corrected chi connectivity index (χ2v) is 6.79. The lowest BCUT2D eigenvalue weighted by Gasteiger charge is -2.35. The molecule has 4 heterocycles. The molecule has 0 saturated carbocycles. The Labute approximate surface area is 158 Å². The van der Waals surface area contributed by atoms with Crippen LogP contribution < -0.4 is 10.2 Å². The number of rotatable bonds is 5. The summed E-state index contributed by atoms with van der Waals surface area (Å²) in [5.74, 6) is 1.54. The molecule has 0 aromatic carbocycles. The van der Waals surface area contributed by atoms with Crippen molar-refractivity contribution in [2.75, 3.05) is 49.5 Å². The van der Waals surface area contributed by atoms with Gasteiger partial charge in [-0.15, -0.1) is 10.2 Å². The summed E-state index contributed by atoms with van der Waals surface area (Å²) in [5, 5.41) is 11.5. The minimum Gasteiger partial charge on any atom is -0.376 e. The van der Waals surface area contributed by atoms with E-state index in [2.05, 4.69) is 25.4 Å². The third-order valence-corrected chi connectivity index (χ3v) is 4.96. The molecule has 0 bridgehead atoms. The van der Waals surface area contributed by atoms with E-state index in [0.717, 1.165) is 44.9 Å². The number of piperazine rings is 1. The largest absolute Gasteiger partial charge is 0.376 e. The molecule has 4 rings (SSSR count). The monoisotopic (exact) mass is 368 g/mol. The highest BCUT2D eigenvalue weighted by Gasteiger charge is 2.24. The zero-order chi connectivity index (χ0) is 18.5. The molecule has 1 unspecified atom stereocenters. The Morgan fingerprint density at radius 3 is 2.70 bits per heavy atom. The normalized spacial score (nSPS) is 19.9. The van der Waals surface area contributed by atoms with Gasteiger partial charge >= 0.3 is 0 Å². The quantitative estimate of drug-likeness (QED) is 0.855. The smallest absolute Gasteiger partial charge is 0.274 e. The predicted molar refractivity (Wildman–Crippen MR) is 102 cm³/mol. The fourth-order valence-electron chi connectivity index (χ4n) is 3.41. The molecule has 2 aliphatic rings. The highest BCUT2D eigenvalue weighted by Crippen LogP contribution is 2.15. The number of hydrogen-bond acceptors (Lipinski definition) is 7. The summed E-state index contributed by atoms with van der Waals surface area (Å²) in [5.41, 5.74) is 0.379. The summed E-state index contributed by atoms with van der Waals surface area (Å²) in [6.07, 6.45) is 4.21. The Hall–Kier alpha value is -2.74. The third-order valence-electron chi connectivity index (χ3n) is 4.96. The van der Waals surface area contributed by atoms with E-state index in [0.29, 0.717) is 24.6 Å². The van der Waals surface area contributed by atoms with Crippen LogP contribution >= 0.6 is 0 Å². The highest BCUT2D eigenvalue weighted by atomic mass is 16.5. The van der Waals surface area contributed by atoms with E-state index in [9.17, 15) is 4.79 Å². The van der Waals surface area contributed by atoms with Crippen molar-refractivity contribution < 1.29 is 9.53 Å². The highest BCUT2D eigenvalue weighted by molar-refractivity contribution is 5.92. The van der Waals surface area contributed by atoms with Crippen LogP contribution in [0.25, 0.3) is 0 Å². The maximum atomic E-state index is 12.7. The number of carbonyl (C=O) groups excluding carboxylic acids is 1. The van der Waals surface area contributed by atoms with E-state index in [1.165, 1.54) is 0 Å². The minimum atomic E-state index is -0.0751. The Morgan fingerprint density at radius 2 is 2.04 bits per heavy atom. The standard InChI is InChI=1S/C19H24N6O2/c26-19(25-11-9-24(10-12-25)18-5-1-2-8-20-18)16-6-7-17(23-22-16)21-14-15-4-3-13-27-15/h1-2,5-8,15H,3-4,9-14H2,(H,21,23). The molecule has 1 amide bonds. The summed E-state index contributed by atoms with van der Waals surface area (Å²) >= 11 is 0. The molecule has 142 valence electrons. The molecule has 2 saturated heterocycles. The summed E-state index contributed by atoms with van der Waals surface area (Å²) in [4.78, 5) is 21.1. The average Bonchev–Trinajstić information content (AvgIpc) is 3.27. The number of pyridine rings is 1. The third kappa shape index (κ3) is 4.33. The van der Waals surface area contributed by atoms with Crippen LogP contribution in [0.15, 0.2) is 36.5 Å². The first-order valence-corrected chi connectivity index (χ1v) is 9.44. The van der Waals surface area contributed by atoms with Gasteiger partial charge in [-0.3, -0.25) is 4.79 Å². The first kappa shape index (κ1) is 17.7. The Balaban J connectivity index is 1.29. The Bertz CT molecular complexity index is 741.